The maximum atomic E-state index is 12.8. The number of benzene rings is 1. The van der Waals surface area contributed by atoms with Crippen LogP contribution in [0.5, 0.6) is 0 Å². The Morgan fingerprint density at radius 3 is 2.46 bits per heavy atom. The van der Waals surface area contributed by atoms with E-state index in [1.165, 1.54) is 4.68 Å². The molecule has 2 aromatic rings. The maximum Gasteiger partial charge on any atom is 0.308 e. The molecule has 1 aromatic heterocycles. The van der Waals surface area contributed by atoms with Crippen LogP contribution < -0.4 is 5.32 Å². The van der Waals surface area contributed by atoms with Gasteiger partial charge in [-0.3, -0.25) is 9.59 Å². The maximum absolute atomic E-state index is 12.8. The number of tetrazole rings is 1. The second-order valence-corrected chi connectivity index (χ2v) is 6.79. The number of hydrogen-bond acceptors (Lipinski definition) is 5. The minimum absolute atomic E-state index is 0.0822. The van der Waals surface area contributed by atoms with E-state index in [0.717, 1.165) is 5.56 Å². The van der Waals surface area contributed by atoms with Gasteiger partial charge in [0.1, 0.15) is 11.9 Å². The Bertz CT molecular complexity index is 729. The van der Waals surface area contributed by atoms with E-state index < -0.39 is 17.9 Å². The van der Waals surface area contributed by atoms with Crippen LogP contribution >= 0.6 is 0 Å². The van der Waals surface area contributed by atoms with Crippen molar-refractivity contribution in [3.63, 3.8) is 0 Å². The third-order valence-corrected chi connectivity index (χ3v) is 4.15. The van der Waals surface area contributed by atoms with Crippen LogP contribution in [0.1, 0.15) is 37.7 Å². The van der Waals surface area contributed by atoms with Crippen molar-refractivity contribution in [2.24, 2.45) is 11.8 Å². The molecule has 2 unspecified atom stereocenters. The molecule has 0 aliphatic carbocycles. The van der Waals surface area contributed by atoms with Crippen molar-refractivity contribution in [2.75, 3.05) is 6.54 Å². The normalized spacial score (nSPS) is 13.4. The lowest BCUT2D eigenvalue weighted by Crippen LogP contribution is -2.39. The lowest BCUT2D eigenvalue weighted by molar-refractivity contribution is -0.142. The molecule has 0 saturated carbocycles. The zero-order chi connectivity index (χ0) is 19.1. The fourth-order valence-corrected chi connectivity index (χ4v) is 2.84. The number of rotatable bonds is 9. The highest BCUT2D eigenvalue weighted by molar-refractivity contribution is 5.81. The van der Waals surface area contributed by atoms with E-state index in [0.29, 0.717) is 18.7 Å². The number of carboxylic acid groups (broad SMARTS) is 1. The molecule has 0 saturated heterocycles. The van der Waals surface area contributed by atoms with Crippen molar-refractivity contribution in [1.29, 1.82) is 0 Å². The standard InChI is InChI=1S/C18H25N5O3/c1-12(2)9-15(18(25)26)11-19-17(24)16(23-13(3)20-21-22-23)10-14-7-5-4-6-8-14/h4-8,12,15-16H,9-11H2,1-3H3,(H,19,24)(H,25,26). The lowest BCUT2D eigenvalue weighted by atomic mass is 9.97. The van der Waals surface area contributed by atoms with Gasteiger partial charge in [0, 0.05) is 13.0 Å². The summed E-state index contributed by atoms with van der Waals surface area (Å²) in [4.78, 5) is 24.2. The Labute approximate surface area is 152 Å². The summed E-state index contributed by atoms with van der Waals surface area (Å²) in [6, 6.07) is 8.93. The first kappa shape index (κ1) is 19.6. The molecule has 1 heterocycles. The molecule has 8 heteroatoms. The van der Waals surface area contributed by atoms with Gasteiger partial charge in [-0.1, -0.05) is 44.2 Å². The van der Waals surface area contributed by atoms with E-state index in [1.807, 2.05) is 44.2 Å². The van der Waals surface area contributed by atoms with Gasteiger partial charge in [0.15, 0.2) is 0 Å². The summed E-state index contributed by atoms with van der Waals surface area (Å²) in [5, 5.41) is 23.5. The van der Waals surface area contributed by atoms with E-state index in [9.17, 15) is 14.7 Å². The molecule has 1 aromatic carbocycles. The molecule has 1 amide bonds. The first-order valence-corrected chi connectivity index (χ1v) is 8.67. The van der Waals surface area contributed by atoms with Crippen molar-refractivity contribution >= 4 is 11.9 Å². The van der Waals surface area contributed by atoms with Crippen LogP contribution in [0.3, 0.4) is 0 Å². The number of nitrogens with one attached hydrogen (secondary N) is 1. The average Bonchev–Trinajstić information content (AvgIpc) is 3.02. The molecule has 2 rings (SSSR count). The summed E-state index contributed by atoms with van der Waals surface area (Å²) >= 11 is 0. The van der Waals surface area contributed by atoms with Gasteiger partial charge in [0.2, 0.25) is 5.91 Å². The lowest BCUT2D eigenvalue weighted by Gasteiger charge is -2.20. The van der Waals surface area contributed by atoms with Crippen molar-refractivity contribution in [3.8, 4) is 0 Å². The first-order valence-electron chi connectivity index (χ1n) is 8.67. The molecular weight excluding hydrogens is 334 g/mol. The molecule has 2 N–H and O–H groups in total. The number of amides is 1. The predicted molar refractivity (Wildman–Crippen MR) is 95.3 cm³/mol. The van der Waals surface area contributed by atoms with Crippen molar-refractivity contribution in [1.82, 2.24) is 25.5 Å². The minimum Gasteiger partial charge on any atom is -0.481 e. The molecule has 0 aliphatic rings. The third-order valence-electron chi connectivity index (χ3n) is 4.15. The van der Waals surface area contributed by atoms with Gasteiger partial charge < -0.3 is 10.4 Å². The number of aryl methyl sites for hydroxylation is 1. The van der Waals surface area contributed by atoms with E-state index in [2.05, 4.69) is 20.8 Å². The van der Waals surface area contributed by atoms with E-state index in [1.54, 1.807) is 6.92 Å². The van der Waals surface area contributed by atoms with Crippen LogP contribution in [-0.4, -0.2) is 43.7 Å². The quantitative estimate of drug-likeness (QED) is 0.704. The second kappa shape index (κ2) is 9.07. The van der Waals surface area contributed by atoms with Crippen LogP contribution in [0.2, 0.25) is 0 Å². The minimum atomic E-state index is -0.905. The Balaban J connectivity index is 2.13. The van der Waals surface area contributed by atoms with Crippen LogP contribution in [-0.2, 0) is 16.0 Å². The Hall–Kier alpha value is -2.77. The van der Waals surface area contributed by atoms with Gasteiger partial charge in [-0.15, -0.1) is 5.10 Å². The van der Waals surface area contributed by atoms with Gasteiger partial charge in [0.25, 0.3) is 0 Å². The van der Waals surface area contributed by atoms with E-state index in [4.69, 9.17) is 0 Å². The number of nitrogens with zero attached hydrogens (tertiary/aromatic N) is 4. The molecule has 8 nitrogen and oxygen atoms in total. The SMILES string of the molecule is Cc1nnnn1C(Cc1ccccc1)C(=O)NCC(CC(C)C)C(=O)O. The summed E-state index contributed by atoms with van der Waals surface area (Å²) in [6.07, 6.45) is 0.920. The van der Waals surface area contributed by atoms with Gasteiger partial charge in [0.05, 0.1) is 5.92 Å². The topological polar surface area (TPSA) is 110 Å². The third kappa shape index (κ3) is 5.37. The first-order chi connectivity index (χ1) is 12.4. The van der Waals surface area contributed by atoms with Gasteiger partial charge in [-0.2, -0.15) is 0 Å². The fourth-order valence-electron chi connectivity index (χ4n) is 2.84. The number of carbonyl (C=O) groups is 2. The summed E-state index contributed by atoms with van der Waals surface area (Å²) in [5.41, 5.74) is 0.972. The number of carbonyl (C=O) groups excluding carboxylic acids is 1. The van der Waals surface area contributed by atoms with E-state index >= 15 is 0 Å². The van der Waals surface area contributed by atoms with Crippen molar-refractivity contribution in [3.05, 3.63) is 41.7 Å². The molecule has 0 spiro atoms. The van der Waals surface area contributed by atoms with Gasteiger partial charge >= 0.3 is 5.97 Å². The van der Waals surface area contributed by atoms with Gasteiger partial charge in [-0.05, 0) is 35.3 Å². The van der Waals surface area contributed by atoms with Crippen LogP contribution in [0.15, 0.2) is 30.3 Å². The Kier molecular flexibility index (Phi) is 6.82. The predicted octanol–water partition coefficient (Wildman–Crippen LogP) is 1.63. The molecule has 26 heavy (non-hydrogen) atoms. The van der Waals surface area contributed by atoms with Crippen molar-refractivity contribution < 1.29 is 14.7 Å². The molecule has 140 valence electrons. The number of aromatic nitrogens is 4. The van der Waals surface area contributed by atoms with Crippen LogP contribution in [0.4, 0.5) is 0 Å². The molecule has 0 fully saturated rings. The molecule has 0 bridgehead atoms. The molecular formula is C18H25N5O3. The Morgan fingerprint density at radius 2 is 1.92 bits per heavy atom. The van der Waals surface area contributed by atoms with Crippen molar-refractivity contribution in [2.45, 2.75) is 39.7 Å². The smallest absolute Gasteiger partial charge is 0.308 e. The van der Waals surface area contributed by atoms with Gasteiger partial charge in [-0.25, -0.2) is 4.68 Å². The molecule has 2 atom stereocenters. The highest BCUT2D eigenvalue weighted by Crippen LogP contribution is 2.16. The summed E-state index contributed by atoms with van der Waals surface area (Å²) in [6.45, 7) is 5.73. The summed E-state index contributed by atoms with van der Waals surface area (Å²) in [7, 11) is 0. The van der Waals surface area contributed by atoms with Crippen LogP contribution in [0, 0.1) is 18.8 Å². The fraction of sp³-hybridized carbons (Fsp3) is 0.500. The number of carboxylic acids is 1. The molecule has 0 aliphatic heterocycles. The Morgan fingerprint density at radius 1 is 1.23 bits per heavy atom. The number of aliphatic carboxylic acids is 1. The van der Waals surface area contributed by atoms with Crippen LogP contribution in [0.25, 0.3) is 0 Å². The number of hydrogen-bond donors (Lipinski definition) is 2. The highest BCUT2D eigenvalue weighted by atomic mass is 16.4. The molecule has 0 radical (unpaired) electrons. The zero-order valence-corrected chi connectivity index (χ0v) is 15.3. The van der Waals surface area contributed by atoms with E-state index in [-0.39, 0.29) is 18.4 Å². The second-order valence-electron chi connectivity index (χ2n) is 6.79. The monoisotopic (exact) mass is 359 g/mol. The summed E-state index contributed by atoms with van der Waals surface area (Å²) in [5.74, 6) is -1.06. The largest absolute Gasteiger partial charge is 0.481 e. The average molecular weight is 359 g/mol. The highest BCUT2D eigenvalue weighted by Gasteiger charge is 2.26. The zero-order valence-electron chi connectivity index (χ0n) is 15.3. The summed E-state index contributed by atoms with van der Waals surface area (Å²) < 4.78 is 1.47.